The van der Waals surface area contributed by atoms with Crippen LogP contribution in [-0.4, -0.2) is 25.4 Å². The van der Waals surface area contributed by atoms with Crippen molar-refractivity contribution < 1.29 is 19.0 Å². The maximum atomic E-state index is 14.2. The van der Waals surface area contributed by atoms with Gasteiger partial charge in [-0.2, -0.15) is 0 Å². The van der Waals surface area contributed by atoms with Gasteiger partial charge in [0.05, 0.1) is 26.4 Å². The van der Waals surface area contributed by atoms with E-state index < -0.39 is 18.0 Å². The van der Waals surface area contributed by atoms with Crippen molar-refractivity contribution in [2.45, 2.75) is 18.6 Å². The van der Waals surface area contributed by atoms with Crippen LogP contribution in [0.25, 0.3) is 0 Å². The average molecular weight is 305 g/mol. The number of rotatable bonds is 6. The molecule has 0 aliphatic carbocycles. The summed E-state index contributed by atoms with van der Waals surface area (Å²) in [5.41, 5.74) is 7.15. The highest BCUT2D eigenvalue weighted by Crippen LogP contribution is 2.33. The quantitative estimate of drug-likeness (QED) is 0.860. The van der Waals surface area contributed by atoms with Crippen LogP contribution in [0, 0.1) is 5.82 Å². The Kier molecular flexibility index (Phi) is 5.35. The normalized spacial score (nSPS) is 13.5. The van der Waals surface area contributed by atoms with Crippen LogP contribution < -0.4 is 15.2 Å². The largest absolute Gasteiger partial charge is 0.493 e. The predicted molar refractivity (Wildman–Crippen MR) is 82.6 cm³/mol. The Morgan fingerprint density at radius 1 is 1.09 bits per heavy atom. The number of aliphatic hydroxyl groups is 1. The molecule has 0 spiro atoms. The van der Waals surface area contributed by atoms with E-state index in [0.717, 1.165) is 5.56 Å². The third kappa shape index (κ3) is 3.55. The Hall–Kier alpha value is -2.11. The smallest absolute Gasteiger partial charge is 0.163 e. The fourth-order valence-corrected chi connectivity index (χ4v) is 2.32. The molecule has 2 rings (SSSR count). The molecule has 22 heavy (non-hydrogen) atoms. The van der Waals surface area contributed by atoms with Crippen LogP contribution in [0.3, 0.4) is 0 Å². The third-order valence-corrected chi connectivity index (χ3v) is 3.56. The first-order valence-electron chi connectivity index (χ1n) is 6.95. The molecule has 4 nitrogen and oxygen atoms in total. The molecule has 0 saturated heterocycles. The molecule has 0 radical (unpaired) electrons. The highest BCUT2D eigenvalue weighted by atomic mass is 19.1. The molecule has 2 aromatic rings. The molecule has 0 unspecified atom stereocenters. The molecular weight excluding hydrogens is 285 g/mol. The van der Waals surface area contributed by atoms with Gasteiger partial charge in [0.15, 0.2) is 11.5 Å². The Morgan fingerprint density at radius 2 is 1.68 bits per heavy atom. The second-order valence-electron chi connectivity index (χ2n) is 5.01. The highest BCUT2D eigenvalue weighted by Gasteiger charge is 2.23. The van der Waals surface area contributed by atoms with E-state index in [4.69, 9.17) is 15.2 Å². The first-order chi connectivity index (χ1) is 10.6. The summed E-state index contributed by atoms with van der Waals surface area (Å²) in [5, 5.41) is 10.3. The topological polar surface area (TPSA) is 64.7 Å². The number of ether oxygens (including phenoxy) is 2. The zero-order valence-corrected chi connectivity index (χ0v) is 12.6. The Bertz CT molecular complexity index is 619. The zero-order valence-electron chi connectivity index (χ0n) is 12.6. The molecule has 0 fully saturated rings. The van der Waals surface area contributed by atoms with Crippen molar-refractivity contribution in [1.29, 1.82) is 0 Å². The summed E-state index contributed by atoms with van der Waals surface area (Å²) in [6.07, 6.45) is -0.564. The average Bonchev–Trinajstić information content (AvgIpc) is 2.54. The van der Waals surface area contributed by atoms with Gasteiger partial charge >= 0.3 is 0 Å². The Labute approximate surface area is 129 Å². The van der Waals surface area contributed by atoms with Gasteiger partial charge in [-0.3, -0.25) is 0 Å². The van der Waals surface area contributed by atoms with E-state index in [9.17, 15) is 9.50 Å². The van der Waals surface area contributed by atoms with Crippen molar-refractivity contribution in [3.63, 3.8) is 0 Å². The molecule has 0 aliphatic heterocycles. The lowest BCUT2D eigenvalue weighted by Gasteiger charge is -2.21. The van der Waals surface area contributed by atoms with Crippen LogP contribution in [0.15, 0.2) is 42.5 Å². The molecule has 3 N–H and O–H groups in total. The summed E-state index contributed by atoms with van der Waals surface area (Å²) in [5.74, 6) is 0.132. The van der Waals surface area contributed by atoms with Gasteiger partial charge in [-0.05, 0) is 11.6 Å². The fourth-order valence-electron chi connectivity index (χ4n) is 2.32. The summed E-state index contributed by atoms with van der Waals surface area (Å²) < 4.78 is 24.4. The summed E-state index contributed by atoms with van der Waals surface area (Å²) >= 11 is 0. The van der Waals surface area contributed by atoms with Gasteiger partial charge in [0.1, 0.15) is 5.82 Å². The number of hydrogen-bond donors (Lipinski definition) is 2. The molecular formula is C17H20FNO3. The van der Waals surface area contributed by atoms with E-state index in [1.165, 1.54) is 26.4 Å². The lowest BCUT2D eigenvalue weighted by molar-refractivity contribution is 0.143. The van der Waals surface area contributed by atoms with Crippen molar-refractivity contribution in [3.8, 4) is 11.5 Å². The van der Waals surface area contributed by atoms with E-state index in [2.05, 4.69) is 0 Å². The van der Waals surface area contributed by atoms with Crippen LogP contribution in [0.2, 0.25) is 0 Å². The molecule has 0 saturated carbocycles. The lowest BCUT2D eigenvalue weighted by atomic mass is 9.96. The van der Waals surface area contributed by atoms with Gasteiger partial charge in [-0.25, -0.2) is 4.39 Å². The molecule has 2 atom stereocenters. The summed E-state index contributed by atoms with van der Waals surface area (Å²) in [6, 6.07) is 11.2. The van der Waals surface area contributed by atoms with E-state index in [1.54, 1.807) is 0 Å². The minimum Gasteiger partial charge on any atom is -0.493 e. The predicted octanol–water partition coefficient (Wildman–Crippen LogP) is 2.45. The minimum atomic E-state index is -0.907. The fraction of sp³-hybridized carbons (Fsp3) is 0.294. The maximum Gasteiger partial charge on any atom is 0.163 e. The molecule has 118 valence electrons. The summed E-state index contributed by atoms with van der Waals surface area (Å²) in [7, 11) is 2.90. The van der Waals surface area contributed by atoms with Gasteiger partial charge in [0.2, 0.25) is 0 Å². The monoisotopic (exact) mass is 305 g/mol. The van der Waals surface area contributed by atoms with E-state index in [1.807, 2.05) is 30.3 Å². The lowest BCUT2D eigenvalue weighted by Crippen LogP contribution is -2.29. The van der Waals surface area contributed by atoms with E-state index in [0.29, 0.717) is 12.2 Å². The van der Waals surface area contributed by atoms with Crippen molar-refractivity contribution in [1.82, 2.24) is 0 Å². The second-order valence-corrected chi connectivity index (χ2v) is 5.01. The molecule has 0 aromatic heterocycles. The molecule has 0 aliphatic rings. The minimum absolute atomic E-state index is 0.195. The number of methoxy groups -OCH3 is 2. The highest BCUT2D eigenvalue weighted by molar-refractivity contribution is 5.45. The van der Waals surface area contributed by atoms with Crippen LogP contribution in [0.5, 0.6) is 11.5 Å². The number of hydrogen-bond acceptors (Lipinski definition) is 4. The van der Waals surface area contributed by atoms with Gasteiger partial charge in [-0.15, -0.1) is 0 Å². The molecule has 2 aromatic carbocycles. The van der Waals surface area contributed by atoms with Crippen molar-refractivity contribution >= 4 is 0 Å². The SMILES string of the molecule is COc1cc(F)c([C@@H](N)[C@@H](O)Cc2ccccc2)cc1OC. The zero-order chi connectivity index (χ0) is 16.1. The number of nitrogens with two attached hydrogens (primary N) is 1. The van der Waals surface area contributed by atoms with Crippen molar-refractivity contribution in [2.24, 2.45) is 5.73 Å². The number of halogens is 1. The van der Waals surface area contributed by atoms with Crippen LogP contribution in [0.1, 0.15) is 17.2 Å². The van der Waals surface area contributed by atoms with E-state index >= 15 is 0 Å². The number of benzene rings is 2. The molecule has 0 bridgehead atoms. The first-order valence-corrected chi connectivity index (χ1v) is 6.95. The summed E-state index contributed by atoms with van der Waals surface area (Å²) in [6.45, 7) is 0. The molecule has 5 heteroatoms. The molecule has 0 heterocycles. The van der Waals surface area contributed by atoms with Crippen LogP contribution in [0.4, 0.5) is 4.39 Å². The van der Waals surface area contributed by atoms with E-state index in [-0.39, 0.29) is 11.3 Å². The Morgan fingerprint density at radius 3 is 2.27 bits per heavy atom. The van der Waals surface area contributed by atoms with Gasteiger partial charge in [-0.1, -0.05) is 30.3 Å². The second kappa shape index (κ2) is 7.24. The van der Waals surface area contributed by atoms with Crippen molar-refractivity contribution in [2.75, 3.05) is 14.2 Å². The van der Waals surface area contributed by atoms with Gasteiger partial charge < -0.3 is 20.3 Å². The first kappa shape index (κ1) is 16.3. The Balaban J connectivity index is 2.23. The number of aliphatic hydroxyl groups excluding tert-OH is 1. The van der Waals surface area contributed by atoms with Crippen molar-refractivity contribution in [3.05, 3.63) is 59.4 Å². The van der Waals surface area contributed by atoms with Crippen LogP contribution >= 0.6 is 0 Å². The third-order valence-electron chi connectivity index (χ3n) is 3.56. The molecule has 0 amide bonds. The maximum absolute atomic E-state index is 14.2. The van der Waals surface area contributed by atoms with Crippen LogP contribution in [-0.2, 0) is 6.42 Å². The standard InChI is InChI=1S/C17H20FNO3/c1-21-15-9-12(13(18)10-16(15)22-2)17(19)14(20)8-11-6-4-3-5-7-11/h3-7,9-10,14,17,20H,8,19H2,1-2H3/t14-,17+/m0/s1. The van der Waals surface area contributed by atoms with Gasteiger partial charge in [0.25, 0.3) is 0 Å². The van der Waals surface area contributed by atoms with Gasteiger partial charge in [0, 0.05) is 18.1 Å². The summed E-state index contributed by atoms with van der Waals surface area (Å²) in [4.78, 5) is 0.